The third-order valence-electron chi connectivity index (χ3n) is 3.40. The van der Waals surface area contributed by atoms with Gasteiger partial charge in [0, 0.05) is 12.6 Å². The topological polar surface area (TPSA) is 102 Å². The van der Waals surface area contributed by atoms with E-state index in [0.29, 0.717) is 6.54 Å². The first-order valence-corrected chi connectivity index (χ1v) is 9.81. The van der Waals surface area contributed by atoms with Crippen LogP contribution >= 0.6 is 11.6 Å². The van der Waals surface area contributed by atoms with Crippen molar-refractivity contribution in [2.24, 2.45) is 5.92 Å². The summed E-state index contributed by atoms with van der Waals surface area (Å²) in [6.45, 7) is 3.93. The van der Waals surface area contributed by atoms with Gasteiger partial charge < -0.3 is 10.1 Å². The van der Waals surface area contributed by atoms with E-state index in [-0.39, 0.29) is 27.4 Å². The average molecular weight is 389 g/mol. The maximum Gasteiger partial charge on any atom is 0.338 e. The summed E-state index contributed by atoms with van der Waals surface area (Å²) in [7, 11) is -3.80. The Hall–Kier alpha value is -1.64. The van der Waals surface area contributed by atoms with Gasteiger partial charge in [0.2, 0.25) is 10.0 Å². The van der Waals surface area contributed by atoms with Gasteiger partial charge in [-0.05, 0) is 37.0 Å². The van der Waals surface area contributed by atoms with Crippen molar-refractivity contribution in [3.05, 3.63) is 28.8 Å². The Morgan fingerprint density at radius 2 is 2.00 bits per heavy atom. The van der Waals surface area contributed by atoms with Gasteiger partial charge in [0.1, 0.15) is 4.90 Å². The third kappa shape index (κ3) is 5.98. The number of hydrogen-bond acceptors (Lipinski definition) is 5. The van der Waals surface area contributed by atoms with E-state index in [2.05, 4.69) is 10.0 Å². The normalized spacial score (nSPS) is 14.4. The highest BCUT2D eigenvalue weighted by Crippen LogP contribution is 2.27. The molecule has 1 amide bonds. The van der Waals surface area contributed by atoms with Crippen molar-refractivity contribution in [2.75, 3.05) is 13.2 Å². The largest absolute Gasteiger partial charge is 0.452 e. The summed E-state index contributed by atoms with van der Waals surface area (Å²) in [6.07, 6.45) is 1.56. The van der Waals surface area contributed by atoms with Gasteiger partial charge in [0.15, 0.2) is 6.61 Å². The minimum atomic E-state index is -3.80. The number of hydrogen-bond donors (Lipinski definition) is 2. The number of benzene rings is 1. The van der Waals surface area contributed by atoms with E-state index >= 15 is 0 Å². The van der Waals surface area contributed by atoms with E-state index < -0.39 is 28.5 Å². The van der Waals surface area contributed by atoms with Crippen LogP contribution in [0, 0.1) is 5.92 Å². The molecule has 2 rings (SSSR count). The molecule has 0 heterocycles. The molecular weight excluding hydrogens is 368 g/mol. The van der Waals surface area contributed by atoms with E-state index in [1.165, 1.54) is 12.1 Å². The molecule has 9 heteroatoms. The second-order valence-electron chi connectivity index (χ2n) is 6.31. The molecule has 25 heavy (non-hydrogen) atoms. The van der Waals surface area contributed by atoms with Crippen LogP contribution in [0.25, 0.3) is 0 Å². The standard InChI is InChI=1S/C16H21ClN2O5S/c1-10(2)8-18-15(20)9-24-16(21)11-3-6-13(17)14(7-11)25(22,23)19-12-4-5-12/h3,6-7,10,12,19H,4-5,8-9H2,1-2H3,(H,18,20). The molecule has 1 aliphatic rings. The lowest BCUT2D eigenvalue weighted by molar-refractivity contribution is -0.124. The van der Waals surface area contributed by atoms with Crippen LogP contribution in [-0.2, 0) is 19.6 Å². The third-order valence-corrected chi connectivity index (χ3v) is 5.40. The molecule has 0 aliphatic heterocycles. The van der Waals surface area contributed by atoms with Gasteiger partial charge in [-0.15, -0.1) is 0 Å². The zero-order chi connectivity index (χ0) is 18.6. The van der Waals surface area contributed by atoms with Crippen LogP contribution in [0.5, 0.6) is 0 Å². The molecule has 0 bridgehead atoms. The lowest BCUT2D eigenvalue weighted by Gasteiger charge is -2.10. The van der Waals surface area contributed by atoms with Crippen LogP contribution < -0.4 is 10.0 Å². The van der Waals surface area contributed by atoms with E-state index in [1.54, 1.807) is 0 Å². The Balaban J connectivity index is 2.03. The number of amides is 1. The molecule has 0 aromatic heterocycles. The van der Waals surface area contributed by atoms with Crippen LogP contribution in [0.2, 0.25) is 5.02 Å². The summed E-state index contributed by atoms with van der Waals surface area (Å²) in [4.78, 5) is 23.4. The monoisotopic (exact) mass is 388 g/mol. The van der Waals surface area contributed by atoms with Crippen molar-refractivity contribution < 1.29 is 22.7 Å². The number of rotatable bonds is 8. The van der Waals surface area contributed by atoms with Gasteiger partial charge in [0.25, 0.3) is 5.91 Å². The number of carbonyl (C=O) groups is 2. The van der Waals surface area contributed by atoms with Gasteiger partial charge >= 0.3 is 5.97 Å². The molecule has 0 atom stereocenters. The minimum Gasteiger partial charge on any atom is -0.452 e. The maximum absolute atomic E-state index is 12.3. The first kappa shape index (κ1) is 19.7. The zero-order valence-electron chi connectivity index (χ0n) is 14.0. The van der Waals surface area contributed by atoms with Crippen LogP contribution in [0.3, 0.4) is 0 Å². The van der Waals surface area contributed by atoms with Crippen LogP contribution in [0.1, 0.15) is 37.0 Å². The molecule has 1 aromatic rings. The van der Waals surface area contributed by atoms with E-state index in [1.807, 2.05) is 13.8 Å². The predicted molar refractivity (Wildman–Crippen MR) is 92.9 cm³/mol. The summed E-state index contributed by atoms with van der Waals surface area (Å²) in [5, 5.41) is 2.63. The molecule has 2 N–H and O–H groups in total. The Kier molecular flexibility index (Phi) is 6.42. The Morgan fingerprint density at radius 3 is 2.60 bits per heavy atom. The van der Waals surface area contributed by atoms with Crippen molar-refractivity contribution in [1.29, 1.82) is 0 Å². The number of halogens is 1. The Morgan fingerprint density at radius 1 is 1.32 bits per heavy atom. The molecule has 0 unspecified atom stereocenters. The molecule has 1 saturated carbocycles. The first-order valence-electron chi connectivity index (χ1n) is 7.94. The fourth-order valence-corrected chi connectivity index (χ4v) is 3.73. The lowest BCUT2D eigenvalue weighted by atomic mass is 10.2. The van der Waals surface area contributed by atoms with Crippen molar-refractivity contribution in [2.45, 2.75) is 37.6 Å². The fourth-order valence-electron chi connectivity index (χ4n) is 1.90. The first-order chi connectivity index (χ1) is 11.7. The molecule has 0 saturated heterocycles. The molecule has 1 aliphatic carbocycles. The molecule has 138 valence electrons. The maximum atomic E-state index is 12.3. The number of nitrogens with one attached hydrogen (secondary N) is 2. The molecule has 0 spiro atoms. The smallest absolute Gasteiger partial charge is 0.338 e. The summed E-state index contributed by atoms with van der Waals surface area (Å²) < 4.78 is 32.0. The van der Waals surface area contributed by atoms with Crippen LogP contribution in [0.15, 0.2) is 23.1 Å². The fraction of sp³-hybridized carbons (Fsp3) is 0.500. The van der Waals surface area contributed by atoms with Crippen LogP contribution in [0.4, 0.5) is 0 Å². The van der Waals surface area contributed by atoms with Crippen molar-refractivity contribution in [3.8, 4) is 0 Å². The molecule has 1 aromatic carbocycles. The van der Waals surface area contributed by atoms with Gasteiger partial charge in [-0.1, -0.05) is 25.4 Å². The summed E-state index contributed by atoms with van der Waals surface area (Å²) in [5.74, 6) is -0.929. The summed E-state index contributed by atoms with van der Waals surface area (Å²) in [5.41, 5.74) is 0.0113. The average Bonchev–Trinajstić information content (AvgIpc) is 3.34. The zero-order valence-corrected chi connectivity index (χ0v) is 15.6. The quantitative estimate of drug-likeness (QED) is 0.660. The van der Waals surface area contributed by atoms with Crippen LogP contribution in [-0.4, -0.2) is 39.5 Å². The number of esters is 1. The molecule has 7 nitrogen and oxygen atoms in total. The van der Waals surface area contributed by atoms with Gasteiger partial charge in [-0.25, -0.2) is 17.9 Å². The number of carbonyl (C=O) groups excluding carboxylic acids is 2. The highest BCUT2D eigenvalue weighted by atomic mass is 35.5. The molecule has 1 fully saturated rings. The summed E-state index contributed by atoms with van der Waals surface area (Å²) in [6, 6.07) is 3.74. The summed E-state index contributed by atoms with van der Waals surface area (Å²) >= 11 is 5.95. The SMILES string of the molecule is CC(C)CNC(=O)COC(=O)c1ccc(Cl)c(S(=O)(=O)NC2CC2)c1. The van der Waals surface area contributed by atoms with Crippen molar-refractivity contribution in [3.63, 3.8) is 0 Å². The predicted octanol–water partition coefficient (Wildman–Crippen LogP) is 1.71. The van der Waals surface area contributed by atoms with Crippen molar-refractivity contribution >= 4 is 33.5 Å². The highest BCUT2D eigenvalue weighted by molar-refractivity contribution is 7.89. The Labute approximate surface area is 152 Å². The van der Waals surface area contributed by atoms with E-state index in [9.17, 15) is 18.0 Å². The van der Waals surface area contributed by atoms with Gasteiger partial charge in [-0.2, -0.15) is 0 Å². The van der Waals surface area contributed by atoms with Gasteiger partial charge in [-0.3, -0.25) is 4.79 Å². The second-order valence-corrected chi connectivity index (χ2v) is 8.40. The highest BCUT2D eigenvalue weighted by Gasteiger charge is 2.29. The van der Waals surface area contributed by atoms with E-state index in [0.717, 1.165) is 18.9 Å². The molecule has 0 radical (unpaired) electrons. The Bertz CT molecular complexity index is 760. The lowest BCUT2D eigenvalue weighted by Crippen LogP contribution is -2.31. The molecular formula is C16H21ClN2O5S. The van der Waals surface area contributed by atoms with Crippen molar-refractivity contribution in [1.82, 2.24) is 10.0 Å². The number of ether oxygens (including phenoxy) is 1. The minimum absolute atomic E-state index is 0.0113. The van der Waals surface area contributed by atoms with Gasteiger partial charge in [0.05, 0.1) is 10.6 Å². The van der Waals surface area contributed by atoms with E-state index in [4.69, 9.17) is 16.3 Å². The number of sulfonamides is 1. The second kappa shape index (κ2) is 8.16.